The van der Waals surface area contributed by atoms with Crippen molar-refractivity contribution in [3.05, 3.63) is 58.1 Å². The maximum atomic E-state index is 12.7. The summed E-state index contributed by atoms with van der Waals surface area (Å²) in [6.45, 7) is 0. The van der Waals surface area contributed by atoms with Gasteiger partial charge in [-0.3, -0.25) is 19.6 Å². The molecule has 0 bridgehead atoms. The lowest BCUT2D eigenvalue weighted by Crippen LogP contribution is -2.36. The van der Waals surface area contributed by atoms with Gasteiger partial charge in [-0.05, 0) is 37.1 Å². The maximum absolute atomic E-state index is 12.7. The molecule has 3 rings (SSSR count). The Labute approximate surface area is 168 Å². The zero-order valence-corrected chi connectivity index (χ0v) is 16.3. The van der Waals surface area contributed by atoms with Crippen molar-refractivity contribution >= 4 is 27.3 Å². The second kappa shape index (κ2) is 8.48. The van der Waals surface area contributed by atoms with Crippen LogP contribution in [-0.4, -0.2) is 30.4 Å². The second-order valence-electron chi connectivity index (χ2n) is 6.87. The highest BCUT2D eigenvalue weighted by Crippen LogP contribution is 2.29. The number of nitro benzene ring substituents is 1. The van der Waals surface area contributed by atoms with E-state index in [1.54, 1.807) is 12.1 Å². The van der Waals surface area contributed by atoms with E-state index in [4.69, 9.17) is 0 Å². The molecule has 154 valence electrons. The van der Waals surface area contributed by atoms with E-state index >= 15 is 0 Å². The Morgan fingerprint density at radius 3 is 2.48 bits per heavy atom. The molecule has 2 aromatic rings. The number of nitrogens with one attached hydrogen (secondary N) is 2. The smallest absolute Gasteiger partial charge is 0.312 e. The lowest BCUT2D eigenvalue weighted by Gasteiger charge is -2.23. The number of anilines is 1. The van der Waals surface area contributed by atoms with Gasteiger partial charge in [0, 0.05) is 12.1 Å². The first-order valence-corrected chi connectivity index (χ1v) is 10.7. The van der Waals surface area contributed by atoms with Gasteiger partial charge < -0.3 is 10.4 Å². The van der Waals surface area contributed by atoms with Gasteiger partial charge in [-0.1, -0.05) is 31.4 Å². The van der Waals surface area contributed by atoms with E-state index in [1.165, 1.54) is 12.1 Å². The van der Waals surface area contributed by atoms with Gasteiger partial charge in [0.25, 0.3) is 15.9 Å². The fourth-order valence-electron chi connectivity index (χ4n) is 3.30. The highest BCUT2D eigenvalue weighted by molar-refractivity contribution is 7.92. The summed E-state index contributed by atoms with van der Waals surface area (Å²) < 4.78 is 27.7. The number of benzene rings is 2. The number of aromatic hydroxyl groups is 1. The van der Waals surface area contributed by atoms with E-state index in [0.29, 0.717) is 0 Å². The van der Waals surface area contributed by atoms with Crippen molar-refractivity contribution in [2.24, 2.45) is 0 Å². The molecule has 0 radical (unpaired) electrons. The lowest BCUT2D eigenvalue weighted by atomic mass is 9.95. The van der Waals surface area contributed by atoms with Gasteiger partial charge in [0.1, 0.15) is 0 Å². The molecule has 0 atom stereocenters. The lowest BCUT2D eigenvalue weighted by molar-refractivity contribution is -0.386. The first-order chi connectivity index (χ1) is 13.8. The number of carbonyl (C=O) groups is 1. The topological polar surface area (TPSA) is 139 Å². The van der Waals surface area contributed by atoms with Crippen LogP contribution in [0.3, 0.4) is 0 Å². The van der Waals surface area contributed by atoms with Crippen molar-refractivity contribution in [3.8, 4) is 5.75 Å². The largest absolute Gasteiger partial charge is 0.502 e. The molecule has 1 aliphatic carbocycles. The standard InChI is InChI=1S/C19H21N3O6S/c23-18-11-10-14(12-17(18)22(25)26)29(27,28)21-16-9-5-4-8-15(16)19(24)20-13-6-2-1-3-7-13/h4-5,8-13,21,23H,1-3,6-7H2,(H,20,24). The molecule has 3 N–H and O–H groups in total. The molecule has 0 saturated heterocycles. The Morgan fingerprint density at radius 1 is 1.10 bits per heavy atom. The summed E-state index contributed by atoms with van der Waals surface area (Å²) in [4.78, 5) is 22.4. The molecule has 2 aromatic carbocycles. The van der Waals surface area contributed by atoms with E-state index in [0.717, 1.165) is 50.3 Å². The van der Waals surface area contributed by atoms with Gasteiger partial charge in [0.2, 0.25) is 0 Å². The minimum atomic E-state index is -4.22. The number of hydrogen-bond donors (Lipinski definition) is 3. The minimum absolute atomic E-state index is 0.0562. The summed E-state index contributed by atoms with van der Waals surface area (Å²) in [6.07, 6.45) is 4.99. The third-order valence-electron chi connectivity index (χ3n) is 4.81. The number of para-hydroxylation sites is 1. The Bertz CT molecular complexity index is 1030. The van der Waals surface area contributed by atoms with Gasteiger partial charge >= 0.3 is 5.69 Å². The van der Waals surface area contributed by atoms with Gasteiger partial charge in [-0.2, -0.15) is 0 Å². The van der Waals surface area contributed by atoms with Crippen molar-refractivity contribution in [1.29, 1.82) is 0 Å². The van der Waals surface area contributed by atoms with Crippen LogP contribution in [0.1, 0.15) is 42.5 Å². The van der Waals surface area contributed by atoms with E-state index in [-0.39, 0.29) is 23.2 Å². The molecule has 1 aliphatic rings. The fraction of sp³-hybridized carbons (Fsp3) is 0.316. The molecule has 0 heterocycles. The van der Waals surface area contributed by atoms with Crippen molar-refractivity contribution in [2.45, 2.75) is 43.0 Å². The van der Waals surface area contributed by atoms with E-state index in [1.807, 2.05) is 0 Å². The first kappa shape index (κ1) is 20.6. The van der Waals surface area contributed by atoms with Crippen LogP contribution < -0.4 is 10.0 Å². The molecule has 29 heavy (non-hydrogen) atoms. The third-order valence-corrected chi connectivity index (χ3v) is 6.17. The van der Waals surface area contributed by atoms with E-state index in [9.17, 15) is 28.4 Å². The summed E-state index contributed by atoms with van der Waals surface area (Å²) in [5.41, 5.74) is -0.498. The first-order valence-electron chi connectivity index (χ1n) is 9.18. The van der Waals surface area contributed by atoms with Gasteiger partial charge in [-0.25, -0.2) is 8.42 Å². The number of amides is 1. The number of nitrogens with zero attached hydrogens (tertiary/aromatic N) is 1. The fourth-order valence-corrected chi connectivity index (χ4v) is 4.40. The highest BCUT2D eigenvalue weighted by Gasteiger charge is 2.24. The van der Waals surface area contributed by atoms with Crippen molar-refractivity contribution in [2.75, 3.05) is 4.72 Å². The van der Waals surface area contributed by atoms with E-state index < -0.39 is 31.3 Å². The summed E-state index contributed by atoms with van der Waals surface area (Å²) in [6, 6.07) is 8.97. The van der Waals surface area contributed by atoms with Gasteiger partial charge in [-0.15, -0.1) is 0 Å². The third kappa shape index (κ3) is 4.83. The van der Waals surface area contributed by atoms with Crippen LogP contribution in [0.25, 0.3) is 0 Å². The van der Waals surface area contributed by atoms with Crippen LogP contribution in [0.15, 0.2) is 47.4 Å². The van der Waals surface area contributed by atoms with Gasteiger partial charge in [0.15, 0.2) is 5.75 Å². The molecule has 0 aromatic heterocycles. The number of rotatable bonds is 6. The number of phenols is 1. The van der Waals surface area contributed by atoms with Crippen LogP contribution in [0.2, 0.25) is 0 Å². The maximum Gasteiger partial charge on any atom is 0.312 e. The molecular formula is C19H21N3O6S. The number of carbonyl (C=O) groups excluding carboxylic acids is 1. The molecule has 0 spiro atoms. The molecular weight excluding hydrogens is 398 g/mol. The summed E-state index contributed by atoms with van der Waals surface area (Å²) >= 11 is 0. The average Bonchev–Trinajstić information content (AvgIpc) is 2.68. The molecule has 1 saturated carbocycles. The summed E-state index contributed by atoms with van der Waals surface area (Å²) in [5, 5.41) is 23.4. The molecule has 0 aliphatic heterocycles. The van der Waals surface area contributed by atoms with Crippen molar-refractivity contribution in [1.82, 2.24) is 5.32 Å². The zero-order chi connectivity index (χ0) is 21.0. The Kier molecular flexibility index (Phi) is 6.02. The Balaban J connectivity index is 1.85. The SMILES string of the molecule is O=C(NC1CCCCC1)c1ccccc1NS(=O)(=O)c1ccc(O)c([N+](=O)[O-])c1. The van der Waals surface area contributed by atoms with E-state index in [2.05, 4.69) is 10.0 Å². The van der Waals surface area contributed by atoms with Crippen LogP contribution in [0, 0.1) is 10.1 Å². The number of nitro groups is 1. The molecule has 1 fully saturated rings. The average molecular weight is 419 g/mol. The summed E-state index contributed by atoms with van der Waals surface area (Å²) in [5.74, 6) is -1.02. The van der Waals surface area contributed by atoms with Crippen LogP contribution in [-0.2, 0) is 10.0 Å². The minimum Gasteiger partial charge on any atom is -0.502 e. The Morgan fingerprint density at radius 2 is 1.79 bits per heavy atom. The quantitative estimate of drug-likeness (QED) is 0.485. The monoisotopic (exact) mass is 419 g/mol. The number of hydrogen-bond acceptors (Lipinski definition) is 6. The molecule has 10 heteroatoms. The predicted molar refractivity (Wildman–Crippen MR) is 106 cm³/mol. The normalized spacial score (nSPS) is 14.9. The van der Waals surface area contributed by atoms with Crippen LogP contribution in [0.5, 0.6) is 5.75 Å². The summed E-state index contributed by atoms with van der Waals surface area (Å²) in [7, 11) is -4.22. The van der Waals surface area contributed by atoms with Gasteiger partial charge in [0.05, 0.1) is 21.1 Å². The van der Waals surface area contributed by atoms with Crippen LogP contribution in [0.4, 0.5) is 11.4 Å². The zero-order valence-electron chi connectivity index (χ0n) is 15.5. The van der Waals surface area contributed by atoms with Crippen molar-refractivity contribution < 1.29 is 23.2 Å². The number of sulfonamides is 1. The molecule has 0 unspecified atom stereocenters. The van der Waals surface area contributed by atoms with Crippen LogP contribution >= 0.6 is 0 Å². The van der Waals surface area contributed by atoms with Crippen molar-refractivity contribution in [3.63, 3.8) is 0 Å². The predicted octanol–water partition coefficient (Wildman–Crippen LogP) is 3.16. The highest BCUT2D eigenvalue weighted by atomic mass is 32.2. The Hall–Kier alpha value is -3.14. The number of phenolic OH excluding ortho intramolecular Hbond substituents is 1. The second-order valence-corrected chi connectivity index (χ2v) is 8.55. The molecule has 1 amide bonds. The molecule has 9 nitrogen and oxygen atoms in total.